The van der Waals surface area contributed by atoms with Crippen molar-refractivity contribution in [3.8, 4) is 78.6 Å². The van der Waals surface area contributed by atoms with Crippen LogP contribution in [0.5, 0.6) is 0 Å². The van der Waals surface area contributed by atoms with E-state index in [4.69, 9.17) is 4.42 Å². The van der Waals surface area contributed by atoms with Crippen LogP contribution in [0.1, 0.15) is 0 Å². The van der Waals surface area contributed by atoms with Crippen LogP contribution >= 0.6 is 0 Å². The Labute approximate surface area is 831 Å². The van der Waals surface area contributed by atoms with Gasteiger partial charge in [-0.3, -0.25) is 0 Å². The lowest BCUT2D eigenvalue weighted by molar-refractivity contribution is 0.669. The molecule has 0 fully saturated rings. The zero-order chi connectivity index (χ0) is 94.7. The molecule has 0 spiro atoms. The molecule has 0 N–H and O–H groups in total. The second-order valence-electron chi connectivity index (χ2n) is 38.7. The van der Waals surface area contributed by atoms with Crippen molar-refractivity contribution < 1.29 is 4.42 Å². The topological polar surface area (TPSA) is 42.7 Å². The predicted octanol–water partition coefficient (Wildman–Crippen LogP) is 37.4. The van der Waals surface area contributed by atoms with Crippen molar-refractivity contribution in [1.82, 2.24) is 27.4 Å². The largest absolute Gasteiger partial charge is 0.456 e. The van der Waals surface area contributed by atoms with Gasteiger partial charge >= 0.3 is 0 Å². The Hall–Kier alpha value is -19.3. The van der Waals surface area contributed by atoms with Crippen molar-refractivity contribution in [2.45, 2.75) is 0 Å². The summed E-state index contributed by atoms with van der Waals surface area (Å²) in [5, 5.41) is 33.2. The third kappa shape index (κ3) is 11.9. The Balaban J connectivity index is 0.0000000992. The first-order chi connectivity index (χ1) is 72.0. The van der Waals surface area contributed by atoms with E-state index in [9.17, 15) is 0 Å². The molecule has 7 heterocycles. The van der Waals surface area contributed by atoms with Crippen molar-refractivity contribution in [1.29, 1.82) is 0 Å². The van der Waals surface area contributed by atoms with E-state index in [0.29, 0.717) is 0 Å². The fraction of sp³-hybridized carbons (Fsp3) is 0. The van der Waals surface area contributed by atoms with Gasteiger partial charge in [0.1, 0.15) is 11.2 Å². The molecule has 0 aliphatic heterocycles. The van der Waals surface area contributed by atoms with E-state index in [1.54, 1.807) is 0 Å². The highest BCUT2D eigenvalue weighted by molar-refractivity contribution is 6.43. The van der Waals surface area contributed by atoms with Gasteiger partial charge in [0.05, 0.1) is 66.2 Å². The molecule has 7 nitrogen and oxygen atoms in total. The standard InChI is InChI=1S/2C48H30N2.C42H24N2O/c1-4-14-31(15-5-1)33-28-34(32-16-6-2-7-17-32)30-36(29-33)50-42-25-13-23-40-38-21-11-10-20-37(38)39-22-12-24-41-45(39)47-43(26-27-44(50)48(47)46(40)42)49(41)35-18-8-3-9-19-35;1-3-12-31(13-4-1)32-24-26-33(27-25-32)34-14-9-17-36(30-34)50-42-23-11-21-40-38-19-8-7-18-37(38)39-20-10-22-41-45(39)47-43(28-29-44(50)48(47)46(40)42)49(41)35-15-5-2-6-16-35;1-2-10-25(11-3-1)43-33-17-8-15-30-27-12-4-5-13-28(27)31-16-9-18-34-40(31)42-36(22-21-35(43)41(42)39(30)33)44(34)26-20-23-38-32(24-26)29-14-6-7-19-37(29)45-38/h2*1-30H;1-24H. The monoisotopic (exact) mass is 1840 g/mol. The van der Waals surface area contributed by atoms with Crippen LogP contribution in [0.25, 0.3) is 296 Å². The van der Waals surface area contributed by atoms with Gasteiger partial charge in [0, 0.05) is 110 Å². The molecular weight excluding hydrogens is 1760 g/mol. The predicted molar refractivity (Wildman–Crippen MR) is 613 cm³/mol. The highest BCUT2D eigenvalue weighted by Gasteiger charge is 2.31. The number of fused-ring (bicyclic) bond motifs is 12. The van der Waals surface area contributed by atoms with E-state index >= 15 is 0 Å². The zero-order valence-corrected chi connectivity index (χ0v) is 78.6. The zero-order valence-electron chi connectivity index (χ0n) is 78.6. The van der Waals surface area contributed by atoms with Crippen LogP contribution in [0.2, 0.25) is 0 Å². The van der Waals surface area contributed by atoms with Gasteiger partial charge in [-0.15, -0.1) is 0 Å². The molecule has 0 bridgehead atoms. The number of aromatic nitrogens is 6. The summed E-state index contributed by atoms with van der Waals surface area (Å²) < 4.78 is 21.0. The van der Waals surface area contributed by atoms with E-state index < -0.39 is 0 Å². The molecule has 33 rings (SSSR count). The lowest BCUT2D eigenvalue weighted by Crippen LogP contribution is -1.96. The van der Waals surface area contributed by atoms with Crippen molar-refractivity contribution in [2.24, 2.45) is 0 Å². The minimum atomic E-state index is 0.909. The van der Waals surface area contributed by atoms with Crippen molar-refractivity contribution in [2.75, 3.05) is 0 Å². The molecule has 0 aliphatic carbocycles. The van der Waals surface area contributed by atoms with Gasteiger partial charge in [-0.25, -0.2) is 0 Å². The Morgan fingerprint density at radius 3 is 0.648 bits per heavy atom. The highest BCUT2D eigenvalue weighted by Crippen LogP contribution is 2.54. The number of furan rings is 1. The van der Waals surface area contributed by atoms with E-state index in [1.807, 2.05) is 12.1 Å². The lowest BCUT2D eigenvalue weighted by atomic mass is 9.95. The van der Waals surface area contributed by atoms with Crippen molar-refractivity contribution >= 4 is 217 Å². The van der Waals surface area contributed by atoms with Gasteiger partial charge in [0.25, 0.3) is 0 Å². The van der Waals surface area contributed by atoms with Crippen LogP contribution in [-0.2, 0) is 0 Å². The summed E-state index contributed by atoms with van der Waals surface area (Å²) in [6.07, 6.45) is 0. The maximum absolute atomic E-state index is 6.22. The highest BCUT2D eigenvalue weighted by atomic mass is 16.3. The van der Waals surface area contributed by atoms with Crippen LogP contribution in [0.4, 0.5) is 0 Å². The minimum Gasteiger partial charge on any atom is -0.456 e. The molecule has 0 atom stereocenters. The first-order valence-corrected chi connectivity index (χ1v) is 50.0. The summed E-state index contributed by atoms with van der Waals surface area (Å²) in [4.78, 5) is 0. The summed E-state index contributed by atoms with van der Waals surface area (Å²) in [6.45, 7) is 0. The van der Waals surface area contributed by atoms with Crippen LogP contribution < -0.4 is 0 Å². The number of rotatable bonds is 10. The van der Waals surface area contributed by atoms with E-state index in [2.05, 4.69) is 525 Å². The van der Waals surface area contributed by atoms with Crippen molar-refractivity contribution in [3.05, 3.63) is 510 Å². The first-order valence-electron chi connectivity index (χ1n) is 50.0. The Morgan fingerprint density at radius 2 is 0.317 bits per heavy atom. The summed E-state index contributed by atoms with van der Waals surface area (Å²) in [6, 6.07) is 186. The SMILES string of the molecule is c1ccc(-c2cc(-c3ccccc3)cc(-n3c4cccc5c6ccccc6c6cccc7c6c6c(c54)c3ccc6n7-c3ccccc3)c2)cc1.c1ccc(-c2ccc(-c3cccc(-n4c5cccc6c7ccccc7c7cccc8c7c7c(c65)c4ccc7n8-c4ccccc4)c3)cc2)cc1.c1ccc(-n2c3cccc4c5ccccc5c5cccc6c5c5c(c43)c2ccc5n6-c2ccc3oc4ccccc4c3c2)cc1. The van der Waals surface area contributed by atoms with Gasteiger partial charge in [0.2, 0.25) is 0 Å². The number of benzene rings is 23. The third-order valence-corrected chi connectivity index (χ3v) is 31.1. The van der Waals surface area contributed by atoms with Gasteiger partial charge < -0.3 is 31.8 Å². The Bertz CT molecular complexity index is 11000. The van der Waals surface area contributed by atoms with Crippen molar-refractivity contribution in [3.63, 3.8) is 0 Å². The number of hydrogen-bond acceptors (Lipinski definition) is 1. The van der Waals surface area contributed by atoms with Gasteiger partial charge in [0.15, 0.2) is 0 Å². The number of nitrogens with zero attached hydrogens (tertiary/aromatic N) is 6. The molecule has 0 amide bonds. The molecule has 7 aromatic heterocycles. The summed E-state index contributed by atoms with van der Waals surface area (Å²) in [5.41, 5.74) is 33.1. The van der Waals surface area contributed by atoms with E-state index in [0.717, 1.165) is 39.0 Å². The van der Waals surface area contributed by atoms with Crippen LogP contribution in [0.15, 0.2) is 514 Å². The summed E-state index contributed by atoms with van der Waals surface area (Å²) in [7, 11) is 0. The Kier molecular flexibility index (Phi) is 17.6. The van der Waals surface area contributed by atoms with Gasteiger partial charge in [-0.1, -0.05) is 346 Å². The molecule has 26 aromatic carbocycles. The average Bonchev–Trinajstić information content (AvgIpc) is 1.53. The molecule has 0 saturated heterocycles. The van der Waals surface area contributed by atoms with Crippen LogP contribution in [0, 0.1) is 0 Å². The smallest absolute Gasteiger partial charge is 0.135 e. The van der Waals surface area contributed by atoms with E-state index in [-0.39, 0.29) is 0 Å². The third-order valence-electron chi connectivity index (χ3n) is 31.1. The number of hydrogen-bond donors (Lipinski definition) is 0. The van der Waals surface area contributed by atoms with Gasteiger partial charge in [-0.2, -0.15) is 0 Å². The minimum absolute atomic E-state index is 0.909. The molecule has 0 radical (unpaired) electrons. The Morgan fingerprint density at radius 1 is 0.103 bits per heavy atom. The average molecular weight is 1840 g/mol. The molecule has 145 heavy (non-hydrogen) atoms. The van der Waals surface area contributed by atoms with Crippen LogP contribution in [0.3, 0.4) is 0 Å². The fourth-order valence-corrected chi connectivity index (χ4v) is 25.2. The second kappa shape index (κ2) is 31.6. The molecule has 672 valence electrons. The first kappa shape index (κ1) is 80.6. The molecule has 0 unspecified atom stereocenters. The maximum Gasteiger partial charge on any atom is 0.135 e. The molecule has 33 aromatic rings. The fourth-order valence-electron chi connectivity index (χ4n) is 25.2. The summed E-state index contributed by atoms with van der Waals surface area (Å²) >= 11 is 0. The maximum atomic E-state index is 6.22. The lowest BCUT2D eigenvalue weighted by Gasteiger charge is -2.14. The number of para-hydroxylation sites is 4. The molecule has 0 saturated carbocycles. The second-order valence-corrected chi connectivity index (χ2v) is 38.7. The molecule has 0 aliphatic rings. The summed E-state index contributed by atoms with van der Waals surface area (Å²) in [5.74, 6) is 0. The molecular formula is C138H84N6O. The normalized spacial score (nSPS) is 12.1. The van der Waals surface area contributed by atoms with Gasteiger partial charge in [-0.05, 0) is 273 Å². The molecule has 7 heteroatoms. The quantitative estimate of drug-likeness (QED) is 0.135. The van der Waals surface area contributed by atoms with E-state index in [1.165, 1.54) is 257 Å². The van der Waals surface area contributed by atoms with Crippen LogP contribution in [-0.4, -0.2) is 27.4 Å².